The van der Waals surface area contributed by atoms with Crippen LogP contribution in [0, 0.1) is 22.7 Å². The van der Waals surface area contributed by atoms with Crippen LogP contribution in [0.4, 0.5) is 0 Å². The van der Waals surface area contributed by atoms with Crippen molar-refractivity contribution in [3.63, 3.8) is 0 Å². The van der Waals surface area contributed by atoms with Gasteiger partial charge in [0.15, 0.2) is 0 Å². The summed E-state index contributed by atoms with van der Waals surface area (Å²) in [4.78, 5) is 0. The van der Waals surface area contributed by atoms with E-state index in [0.717, 1.165) is 82.8 Å². The summed E-state index contributed by atoms with van der Waals surface area (Å²) in [6.45, 7) is 0. The summed E-state index contributed by atoms with van der Waals surface area (Å²) in [6.07, 6.45) is 0. The van der Waals surface area contributed by atoms with Gasteiger partial charge in [-0.15, -0.1) is 0 Å². The van der Waals surface area contributed by atoms with Crippen LogP contribution in [0.3, 0.4) is 0 Å². The Hall–Kier alpha value is -7.86. The Morgan fingerprint density at radius 2 is 0.800 bits per heavy atom. The smallest absolute Gasteiger partial charge is 0.101 e. The molecule has 5 heteroatoms. The molecule has 3 aromatic heterocycles. The van der Waals surface area contributed by atoms with Crippen molar-refractivity contribution in [1.82, 2.24) is 13.7 Å². The minimum absolute atomic E-state index is 0.582. The SMILES string of the molecule is N#Cc1cc(-n2c3ccccc3c3ccc(-n4c5ccccc5c5ccccc54)cc32)ccc1-c1cccc(-n2c3ccccc3c3cccc(C#N)c32)c1. The van der Waals surface area contributed by atoms with E-state index < -0.39 is 0 Å². The molecule has 0 N–H and O–H groups in total. The Bertz CT molecular complexity index is 3420. The van der Waals surface area contributed by atoms with E-state index in [1.165, 1.54) is 10.8 Å². The molecule has 55 heavy (non-hydrogen) atoms. The predicted molar refractivity (Wildman–Crippen MR) is 224 cm³/mol. The number of nitriles is 2. The summed E-state index contributed by atoms with van der Waals surface area (Å²) in [6, 6.07) is 65.9. The normalized spacial score (nSPS) is 11.6. The highest BCUT2D eigenvalue weighted by molar-refractivity contribution is 6.13. The van der Waals surface area contributed by atoms with Gasteiger partial charge in [0.25, 0.3) is 0 Å². The summed E-state index contributed by atoms with van der Waals surface area (Å²) in [7, 11) is 0. The van der Waals surface area contributed by atoms with Gasteiger partial charge >= 0.3 is 0 Å². The third-order valence-corrected chi connectivity index (χ3v) is 11.1. The topological polar surface area (TPSA) is 62.4 Å². The van der Waals surface area contributed by atoms with Crippen molar-refractivity contribution in [2.24, 2.45) is 0 Å². The first kappa shape index (κ1) is 30.7. The van der Waals surface area contributed by atoms with Gasteiger partial charge in [0.1, 0.15) is 6.07 Å². The first-order valence-electron chi connectivity index (χ1n) is 18.3. The zero-order chi connectivity index (χ0) is 36.6. The number of para-hydroxylation sites is 5. The second-order valence-electron chi connectivity index (χ2n) is 14.0. The maximum absolute atomic E-state index is 10.7. The monoisotopic (exact) mass is 699 g/mol. The fraction of sp³-hybridized carbons (Fsp3) is 0. The van der Waals surface area contributed by atoms with Crippen molar-refractivity contribution in [3.8, 4) is 40.3 Å². The Morgan fingerprint density at radius 3 is 1.44 bits per heavy atom. The molecule has 0 saturated carbocycles. The maximum Gasteiger partial charge on any atom is 0.101 e. The molecule has 0 fully saturated rings. The molecule has 0 unspecified atom stereocenters. The maximum atomic E-state index is 10.7. The van der Waals surface area contributed by atoms with E-state index in [1.807, 2.05) is 36.4 Å². The molecule has 8 aromatic carbocycles. The Labute approximate surface area is 316 Å². The van der Waals surface area contributed by atoms with Gasteiger partial charge in [-0.2, -0.15) is 10.5 Å². The van der Waals surface area contributed by atoms with Crippen LogP contribution in [0.15, 0.2) is 176 Å². The molecule has 5 nitrogen and oxygen atoms in total. The largest absolute Gasteiger partial charge is 0.309 e. The summed E-state index contributed by atoms with van der Waals surface area (Å²) in [5.41, 5.74) is 12.3. The molecule has 0 atom stereocenters. The number of nitrogens with zero attached hydrogens (tertiary/aromatic N) is 5. The third kappa shape index (κ3) is 4.45. The fourth-order valence-electron chi connectivity index (χ4n) is 8.78. The highest BCUT2D eigenvalue weighted by Crippen LogP contribution is 2.39. The van der Waals surface area contributed by atoms with Gasteiger partial charge < -0.3 is 13.7 Å². The van der Waals surface area contributed by atoms with Crippen LogP contribution in [0.5, 0.6) is 0 Å². The van der Waals surface area contributed by atoms with E-state index in [0.29, 0.717) is 11.1 Å². The van der Waals surface area contributed by atoms with Gasteiger partial charge in [-0.25, -0.2) is 0 Å². The van der Waals surface area contributed by atoms with E-state index >= 15 is 0 Å². The molecule has 0 radical (unpaired) electrons. The molecule has 0 aliphatic heterocycles. The van der Waals surface area contributed by atoms with Crippen LogP contribution >= 0.6 is 0 Å². The lowest BCUT2D eigenvalue weighted by Crippen LogP contribution is -1.99. The molecule has 0 aliphatic carbocycles. The van der Waals surface area contributed by atoms with Crippen LogP contribution in [-0.2, 0) is 0 Å². The lowest BCUT2D eigenvalue weighted by atomic mass is 9.99. The molecule has 11 rings (SSSR count). The Balaban J connectivity index is 1.09. The zero-order valence-corrected chi connectivity index (χ0v) is 29.5. The number of hydrogen-bond acceptors (Lipinski definition) is 2. The molecule has 0 aliphatic rings. The predicted octanol–water partition coefficient (Wildman–Crippen LogP) is 12.4. The number of rotatable bonds is 4. The number of benzene rings is 8. The van der Waals surface area contributed by atoms with Crippen LogP contribution < -0.4 is 0 Å². The van der Waals surface area contributed by atoms with Gasteiger partial charge in [0.2, 0.25) is 0 Å². The molecule has 0 saturated heterocycles. The van der Waals surface area contributed by atoms with Crippen LogP contribution in [0.1, 0.15) is 11.1 Å². The van der Waals surface area contributed by atoms with Crippen LogP contribution in [-0.4, -0.2) is 13.7 Å². The molecule has 0 bridgehead atoms. The second-order valence-corrected chi connectivity index (χ2v) is 14.0. The van der Waals surface area contributed by atoms with Crippen molar-refractivity contribution in [2.75, 3.05) is 0 Å². The molecule has 0 amide bonds. The minimum atomic E-state index is 0.582. The summed E-state index contributed by atoms with van der Waals surface area (Å²) in [5.74, 6) is 0. The minimum Gasteiger partial charge on any atom is -0.309 e. The first-order chi connectivity index (χ1) is 27.2. The van der Waals surface area contributed by atoms with Crippen molar-refractivity contribution in [3.05, 3.63) is 187 Å². The molecule has 3 heterocycles. The Kier molecular flexibility index (Phi) is 6.61. The fourth-order valence-corrected chi connectivity index (χ4v) is 8.78. The highest BCUT2D eigenvalue weighted by Gasteiger charge is 2.19. The highest BCUT2D eigenvalue weighted by atomic mass is 15.0. The lowest BCUT2D eigenvalue weighted by Gasteiger charge is -2.14. The molecular weight excluding hydrogens is 671 g/mol. The lowest BCUT2D eigenvalue weighted by molar-refractivity contribution is 1.15. The zero-order valence-electron chi connectivity index (χ0n) is 29.5. The summed E-state index contributed by atoms with van der Waals surface area (Å²) in [5, 5.41) is 27.7. The average Bonchev–Trinajstić information content (AvgIpc) is 3.89. The van der Waals surface area contributed by atoms with E-state index in [4.69, 9.17) is 0 Å². The first-order valence-corrected chi connectivity index (χ1v) is 18.3. The van der Waals surface area contributed by atoms with Crippen molar-refractivity contribution >= 4 is 65.4 Å². The molecule has 11 aromatic rings. The van der Waals surface area contributed by atoms with E-state index in [-0.39, 0.29) is 0 Å². The van der Waals surface area contributed by atoms with Crippen molar-refractivity contribution in [2.45, 2.75) is 0 Å². The quantitative estimate of drug-likeness (QED) is 0.184. The third-order valence-electron chi connectivity index (χ3n) is 11.1. The van der Waals surface area contributed by atoms with Gasteiger partial charge in [0, 0.05) is 49.4 Å². The van der Waals surface area contributed by atoms with Crippen molar-refractivity contribution < 1.29 is 0 Å². The number of hydrogen-bond donors (Lipinski definition) is 0. The summed E-state index contributed by atoms with van der Waals surface area (Å²) < 4.78 is 6.80. The van der Waals surface area contributed by atoms with E-state index in [2.05, 4.69) is 165 Å². The van der Waals surface area contributed by atoms with E-state index in [1.54, 1.807) is 0 Å². The summed E-state index contributed by atoms with van der Waals surface area (Å²) >= 11 is 0. The van der Waals surface area contributed by atoms with Crippen LogP contribution in [0.2, 0.25) is 0 Å². The van der Waals surface area contributed by atoms with Gasteiger partial charge in [-0.1, -0.05) is 109 Å². The standard InChI is InChI=1S/C50H29N5/c51-30-33-12-10-18-44-42-17-4-8-22-48(42)55(50(33)44)35-13-9-11-32(27-35)38-25-23-36(28-34(38)31-52)54-47-21-7-3-16-41(47)43-26-24-37(29-49(43)54)53-45-19-5-1-14-39(45)40-15-2-6-20-46(40)53/h1-29H. The molecule has 0 spiro atoms. The Morgan fingerprint density at radius 1 is 0.327 bits per heavy atom. The number of aromatic nitrogens is 3. The number of fused-ring (bicyclic) bond motifs is 9. The molecular formula is C50H29N5. The molecule has 254 valence electrons. The van der Waals surface area contributed by atoms with Crippen LogP contribution in [0.25, 0.3) is 93.6 Å². The van der Waals surface area contributed by atoms with Gasteiger partial charge in [-0.05, 0) is 77.9 Å². The average molecular weight is 700 g/mol. The van der Waals surface area contributed by atoms with Crippen molar-refractivity contribution in [1.29, 1.82) is 10.5 Å². The second kappa shape index (κ2) is 11.8. The van der Waals surface area contributed by atoms with E-state index in [9.17, 15) is 10.5 Å². The van der Waals surface area contributed by atoms with Gasteiger partial charge in [0.05, 0.1) is 50.3 Å². The van der Waals surface area contributed by atoms with Gasteiger partial charge in [-0.3, -0.25) is 0 Å².